The fourth-order valence-electron chi connectivity index (χ4n) is 4.10. The molecule has 4 heteroatoms. The van der Waals surface area contributed by atoms with Crippen molar-refractivity contribution in [3.05, 3.63) is 35.9 Å². The molecule has 1 aromatic carbocycles. The molecule has 1 fully saturated rings. The van der Waals surface area contributed by atoms with E-state index in [1.807, 2.05) is 30.3 Å². The lowest BCUT2D eigenvalue weighted by Gasteiger charge is -2.37. The van der Waals surface area contributed by atoms with Crippen LogP contribution in [-0.4, -0.2) is 30.0 Å². The Labute approximate surface area is 178 Å². The van der Waals surface area contributed by atoms with Gasteiger partial charge in [0, 0.05) is 5.56 Å². The Bertz CT molecular complexity index is 510. The number of hydrogen-bond donors (Lipinski definition) is 2. The van der Waals surface area contributed by atoms with Gasteiger partial charge in [-0.1, -0.05) is 114 Å². The molecule has 4 nitrogen and oxygen atoms in total. The Balaban J connectivity index is 1.52. The molecule has 29 heavy (non-hydrogen) atoms. The number of aliphatic hydroxyl groups is 1. The van der Waals surface area contributed by atoms with E-state index in [0.29, 0.717) is 6.61 Å². The average Bonchev–Trinajstić information content (AvgIpc) is 2.75. The number of benzene rings is 1. The van der Waals surface area contributed by atoms with Gasteiger partial charge in [0.1, 0.15) is 6.10 Å². The Morgan fingerprint density at radius 1 is 0.897 bits per heavy atom. The van der Waals surface area contributed by atoms with Crippen molar-refractivity contribution in [2.24, 2.45) is 5.73 Å². The molecular formula is C25H43NO3. The SMILES string of the molecule is CCCCCCCCCCCCCC[C@@H](O)[C@H]1OC(c2ccccc2)OC[C@@H]1N. The molecule has 4 atom stereocenters. The molecule has 3 N–H and O–H groups in total. The van der Waals surface area contributed by atoms with Crippen LogP contribution in [0, 0.1) is 0 Å². The number of aliphatic hydroxyl groups excluding tert-OH is 1. The molecule has 166 valence electrons. The molecule has 0 spiro atoms. The highest BCUT2D eigenvalue weighted by molar-refractivity contribution is 5.16. The van der Waals surface area contributed by atoms with E-state index < -0.39 is 12.4 Å². The first-order chi connectivity index (χ1) is 14.2. The molecule has 1 aliphatic heterocycles. The summed E-state index contributed by atoms with van der Waals surface area (Å²) in [5, 5.41) is 10.6. The van der Waals surface area contributed by atoms with Gasteiger partial charge in [0.05, 0.1) is 18.8 Å². The van der Waals surface area contributed by atoms with Gasteiger partial charge < -0.3 is 20.3 Å². The average molecular weight is 406 g/mol. The molecule has 0 aromatic heterocycles. The number of rotatable bonds is 15. The third-order valence-corrected chi connectivity index (χ3v) is 5.95. The van der Waals surface area contributed by atoms with Crippen LogP contribution in [0.3, 0.4) is 0 Å². The molecule has 1 unspecified atom stereocenters. The van der Waals surface area contributed by atoms with Crippen LogP contribution in [0.25, 0.3) is 0 Å². The van der Waals surface area contributed by atoms with E-state index >= 15 is 0 Å². The van der Waals surface area contributed by atoms with Gasteiger partial charge in [0.2, 0.25) is 0 Å². The summed E-state index contributed by atoms with van der Waals surface area (Å²) in [6.07, 6.45) is 15.3. The normalized spacial score (nSPS) is 23.2. The van der Waals surface area contributed by atoms with Gasteiger partial charge in [-0.2, -0.15) is 0 Å². The second-order valence-corrected chi connectivity index (χ2v) is 8.59. The summed E-state index contributed by atoms with van der Waals surface area (Å²) in [7, 11) is 0. The van der Waals surface area contributed by atoms with Crippen LogP contribution in [0.2, 0.25) is 0 Å². The summed E-state index contributed by atoms with van der Waals surface area (Å²) >= 11 is 0. The monoisotopic (exact) mass is 405 g/mol. The quantitative estimate of drug-likeness (QED) is 0.358. The number of hydrogen-bond acceptors (Lipinski definition) is 4. The second kappa shape index (κ2) is 15.0. The van der Waals surface area contributed by atoms with Crippen molar-refractivity contribution in [3.8, 4) is 0 Å². The van der Waals surface area contributed by atoms with E-state index in [-0.39, 0.29) is 12.1 Å². The zero-order valence-corrected chi connectivity index (χ0v) is 18.4. The highest BCUT2D eigenvalue weighted by atomic mass is 16.7. The molecule has 0 bridgehead atoms. The first-order valence-corrected chi connectivity index (χ1v) is 12.0. The largest absolute Gasteiger partial charge is 0.390 e. The lowest BCUT2D eigenvalue weighted by atomic mass is 9.99. The van der Waals surface area contributed by atoms with Crippen LogP contribution in [0.5, 0.6) is 0 Å². The molecular weight excluding hydrogens is 362 g/mol. The van der Waals surface area contributed by atoms with E-state index in [9.17, 15) is 5.11 Å². The zero-order chi connectivity index (χ0) is 20.7. The smallest absolute Gasteiger partial charge is 0.184 e. The van der Waals surface area contributed by atoms with Crippen LogP contribution < -0.4 is 5.73 Å². The third-order valence-electron chi connectivity index (χ3n) is 5.95. The van der Waals surface area contributed by atoms with Crippen LogP contribution in [-0.2, 0) is 9.47 Å². The third kappa shape index (κ3) is 9.61. The van der Waals surface area contributed by atoms with E-state index in [0.717, 1.165) is 18.4 Å². The summed E-state index contributed by atoms with van der Waals surface area (Å²) in [6, 6.07) is 9.59. The van der Waals surface area contributed by atoms with Gasteiger partial charge in [-0.15, -0.1) is 0 Å². The van der Waals surface area contributed by atoms with Gasteiger partial charge in [-0.05, 0) is 6.42 Å². The molecule has 0 aliphatic carbocycles. The predicted octanol–water partition coefficient (Wildman–Crippen LogP) is 5.88. The van der Waals surface area contributed by atoms with Crippen LogP contribution in [0.4, 0.5) is 0 Å². The highest BCUT2D eigenvalue weighted by Gasteiger charge is 2.34. The molecule has 0 saturated carbocycles. The minimum Gasteiger partial charge on any atom is -0.390 e. The van der Waals surface area contributed by atoms with E-state index in [2.05, 4.69) is 6.92 Å². The highest BCUT2D eigenvalue weighted by Crippen LogP contribution is 2.28. The summed E-state index contributed by atoms with van der Waals surface area (Å²) in [5.74, 6) is 0. The van der Waals surface area contributed by atoms with Crippen molar-refractivity contribution in [1.82, 2.24) is 0 Å². The fourth-order valence-corrected chi connectivity index (χ4v) is 4.10. The van der Waals surface area contributed by atoms with Crippen molar-refractivity contribution in [2.45, 2.75) is 115 Å². The zero-order valence-electron chi connectivity index (χ0n) is 18.4. The summed E-state index contributed by atoms with van der Waals surface area (Å²) in [4.78, 5) is 0. The molecule has 1 heterocycles. The van der Waals surface area contributed by atoms with Crippen molar-refractivity contribution in [1.29, 1.82) is 0 Å². The maximum Gasteiger partial charge on any atom is 0.184 e. The van der Waals surface area contributed by atoms with E-state index in [4.69, 9.17) is 15.2 Å². The summed E-state index contributed by atoms with van der Waals surface area (Å²) in [6.45, 7) is 2.69. The number of ether oxygens (including phenoxy) is 2. The first-order valence-electron chi connectivity index (χ1n) is 12.0. The number of unbranched alkanes of at least 4 members (excludes halogenated alkanes) is 11. The van der Waals surface area contributed by atoms with Gasteiger partial charge in [0.15, 0.2) is 6.29 Å². The van der Waals surface area contributed by atoms with Crippen molar-refractivity contribution < 1.29 is 14.6 Å². The topological polar surface area (TPSA) is 64.7 Å². The number of nitrogens with two attached hydrogens (primary N) is 1. The summed E-state index contributed by atoms with van der Waals surface area (Å²) < 4.78 is 11.7. The van der Waals surface area contributed by atoms with Crippen molar-refractivity contribution in [2.75, 3.05) is 6.61 Å². The van der Waals surface area contributed by atoms with Crippen LogP contribution in [0.15, 0.2) is 30.3 Å². The Morgan fingerprint density at radius 3 is 2.03 bits per heavy atom. The molecule has 0 amide bonds. The molecule has 0 radical (unpaired) electrons. The Kier molecular flexibility index (Phi) is 12.5. The van der Waals surface area contributed by atoms with Crippen molar-refractivity contribution in [3.63, 3.8) is 0 Å². The van der Waals surface area contributed by atoms with Gasteiger partial charge in [-0.3, -0.25) is 0 Å². The second-order valence-electron chi connectivity index (χ2n) is 8.59. The molecule has 1 aliphatic rings. The molecule has 1 saturated heterocycles. The first kappa shape index (κ1) is 24.3. The summed E-state index contributed by atoms with van der Waals surface area (Å²) in [5.41, 5.74) is 7.12. The lowest BCUT2D eigenvalue weighted by molar-refractivity contribution is -0.245. The van der Waals surface area contributed by atoms with Gasteiger partial charge >= 0.3 is 0 Å². The standard InChI is InChI=1S/C25H43NO3/c1-2-3-4-5-6-7-8-9-10-11-12-16-19-23(27)24-22(26)20-28-25(29-24)21-17-14-13-15-18-21/h13-15,17-18,22-25,27H,2-12,16,19-20,26H2,1H3/t22-,23+,24-,25?/m0/s1. The Hall–Kier alpha value is -0.940. The van der Waals surface area contributed by atoms with E-state index in [1.54, 1.807) is 0 Å². The van der Waals surface area contributed by atoms with Crippen molar-refractivity contribution >= 4 is 0 Å². The Morgan fingerprint density at radius 2 is 1.45 bits per heavy atom. The molecule has 1 aromatic rings. The van der Waals surface area contributed by atoms with Crippen LogP contribution >= 0.6 is 0 Å². The maximum atomic E-state index is 10.6. The lowest BCUT2D eigenvalue weighted by Crippen LogP contribution is -2.51. The van der Waals surface area contributed by atoms with E-state index in [1.165, 1.54) is 70.6 Å². The minimum absolute atomic E-state index is 0.276. The van der Waals surface area contributed by atoms with Gasteiger partial charge in [-0.25, -0.2) is 0 Å². The molecule has 2 rings (SSSR count). The van der Waals surface area contributed by atoms with Crippen LogP contribution in [0.1, 0.15) is 102 Å². The fraction of sp³-hybridized carbons (Fsp3) is 0.760. The maximum absolute atomic E-state index is 10.6. The predicted molar refractivity (Wildman–Crippen MR) is 120 cm³/mol. The minimum atomic E-state index is -0.525. The van der Waals surface area contributed by atoms with Gasteiger partial charge in [0.25, 0.3) is 0 Å².